The number of halogens is 2. The summed E-state index contributed by atoms with van der Waals surface area (Å²) in [6.45, 7) is 1.41. The quantitative estimate of drug-likeness (QED) is 0.889. The molecule has 0 radical (unpaired) electrons. The first-order valence-electron chi connectivity index (χ1n) is 6.85. The van der Waals surface area contributed by atoms with E-state index in [-0.39, 0.29) is 17.5 Å². The zero-order valence-corrected chi connectivity index (χ0v) is 13.5. The van der Waals surface area contributed by atoms with Gasteiger partial charge in [0, 0.05) is 43.7 Å². The van der Waals surface area contributed by atoms with E-state index in [4.69, 9.17) is 9.47 Å². The topological polar surface area (TPSA) is 30.5 Å². The van der Waals surface area contributed by atoms with Gasteiger partial charge in [-0.05, 0) is 37.2 Å². The van der Waals surface area contributed by atoms with Crippen molar-refractivity contribution in [2.24, 2.45) is 0 Å². The fourth-order valence-corrected chi connectivity index (χ4v) is 3.44. The van der Waals surface area contributed by atoms with Crippen LogP contribution in [0.5, 0.6) is 0 Å². The third-order valence-corrected chi connectivity index (χ3v) is 4.55. The SMILES string of the molecule is CNC(Cc1cc(F)cc(Br)c1)C1(OC)CCOCC1. The Bertz CT molecular complexity index is 429. The first-order chi connectivity index (χ1) is 9.59. The van der Waals surface area contributed by atoms with E-state index in [1.54, 1.807) is 13.2 Å². The molecular formula is C15H21BrFNO2. The van der Waals surface area contributed by atoms with E-state index >= 15 is 0 Å². The number of likely N-dealkylation sites (N-methyl/N-ethyl adjacent to an activating group) is 1. The van der Waals surface area contributed by atoms with E-state index in [0.29, 0.717) is 13.2 Å². The van der Waals surface area contributed by atoms with Crippen molar-refractivity contribution in [3.05, 3.63) is 34.1 Å². The van der Waals surface area contributed by atoms with Crippen LogP contribution in [0.1, 0.15) is 18.4 Å². The Hall–Kier alpha value is -0.490. The summed E-state index contributed by atoms with van der Waals surface area (Å²) in [7, 11) is 3.67. The summed E-state index contributed by atoms with van der Waals surface area (Å²) in [4.78, 5) is 0. The van der Waals surface area contributed by atoms with Gasteiger partial charge in [0.05, 0.1) is 5.60 Å². The van der Waals surface area contributed by atoms with Gasteiger partial charge in [-0.1, -0.05) is 15.9 Å². The largest absolute Gasteiger partial charge is 0.381 e. The first kappa shape index (κ1) is 15.9. The minimum atomic E-state index is -0.244. The predicted octanol–water partition coefficient (Wildman–Crippen LogP) is 2.91. The summed E-state index contributed by atoms with van der Waals surface area (Å²) >= 11 is 3.34. The van der Waals surface area contributed by atoms with Crippen molar-refractivity contribution >= 4 is 15.9 Å². The van der Waals surface area contributed by atoms with E-state index in [1.807, 2.05) is 13.1 Å². The Morgan fingerprint density at radius 2 is 2.10 bits per heavy atom. The Balaban J connectivity index is 2.18. The van der Waals surface area contributed by atoms with Crippen molar-refractivity contribution in [2.45, 2.75) is 30.9 Å². The van der Waals surface area contributed by atoms with Crippen molar-refractivity contribution in [2.75, 3.05) is 27.4 Å². The summed E-state index contributed by atoms with van der Waals surface area (Å²) in [5.41, 5.74) is 0.713. The van der Waals surface area contributed by atoms with Gasteiger partial charge in [-0.25, -0.2) is 4.39 Å². The average Bonchev–Trinajstić information content (AvgIpc) is 2.44. The highest BCUT2D eigenvalue weighted by atomic mass is 79.9. The van der Waals surface area contributed by atoms with Crippen molar-refractivity contribution in [3.63, 3.8) is 0 Å². The second-order valence-corrected chi connectivity index (χ2v) is 6.12. The molecule has 2 rings (SSSR count). The van der Waals surface area contributed by atoms with Crippen LogP contribution in [0.3, 0.4) is 0 Å². The van der Waals surface area contributed by atoms with Crippen molar-refractivity contribution in [3.8, 4) is 0 Å². The maximum Gasteiger partial charge on any atom is 0.124 e. The van der Waals surface area contributed by atoms with Gasteiger partial charge < -0.3 is 14.8 Å². The Morgan fingerprint density at radius 1 is 1.40 bits per heavy atom. The van der Waals surface area contributed by atoms with E-state index in [2.05, 4.69) is 21.2 Å². The molecule has 1 atom stereocenters. The molecule has 1 aliphatic rings. The molecule has 1 heterocycles. The van der Waals surface area contributed by atoms with E-state index in [0.717, 1.165) is 29.3 Å². The lowest BCUT2D eigenvalue weighted by molar-refractivity contribution is -0.109. The smallest absolute Gasteiger partial charge is 0.124 e. The lowest BCUT2D eigenvalue weighted by atomic mass is 9.82. The third kappa shape index (κ3) is 3.58. The normalized spacial score (nSPS) is 19.8. The van der Waals surface area contributed by atoms with Gasteiger partial charge in [-0.15, -0.1) is 0 Å². The highest BCUT2D eigenvalue weighted by molar-refractivity contribution is 9.10. The van der Waals surface area contributed by atoms with Crippen LogP contribution in [0.2, 0.25) is 0 Å². The fraction of sp³-hybridized carbons (Fsp3) is 0.600. The van der Waals surface area contributed by atoms with Crippen molar-refractivity contribution in [1.82, 2.24) is 5.32 Å². The molecule has 1 unspecified atom stereocenters. The van der Waals surface area contributed by atoms with Crippen LogP contribution in [0.4, 0.5) is 4.39 Å². The van der Waals surface area contributed by atoms with E-state index < -0.39 is 0 Å². The number of hydrogen-bond donors (Lipinski definition) is 1. The fourth-order valence-electron chi connectivity index (χ4n) is 2.93. The summed E-state index contributed by atoms with van der Waals surface area (Å²) in [6, 6.07) is 5.14. The second-order valence-electron chi connectivity index (χ2n) is 5.20. The van der Waals surface area contributed by atoms with Gasteiger partial charge in [0.1, 0.15) is 5.82 Å². The molecular weight excluding hydrogens is 325 g/mol. The zero-order valence-electron chi connectivity index (χ0n) is 11.9. The van der Waals surface area contributed by atoms with Crippen LogP contribution in [0.25, 0.3) is 0 Å². The number of nitrogens with one attached hydrogen (secondary N) is 1. The molecule has 3 nitrogen and oxygen atoms in total. The summed E-state index contributed by atoms with van der Waals surface area (Å²) < 4.78 is 25.5. The highest BCUT2D eigenvalue weighted by Gasteiger charge is 2.39. The van der Waals surface area contributed by atoms with Crippen LogP contribution in [-0.2, 0) is 15.9 Å². The molecule has 0 aliphatic carbocycles. The molecule has 112 valence electrons. The molecule has 0 saturated carbocycles. The molecule has 0 spiro atoms. The molecule has 1 saturated heterocycles. The molecule has 20 heavy (non-hydrogen) atoms. The maximum absolute atomic E-state index is 13.5. The molecule has 1 aromatic rings. The van der Waals surface area contributed by atoms with Gasteiger partial charge in [0.15, 0.2) is 0 Å². The number of ether oxygens (including phenoxy) is 2. The average molecular weight is 346 g/mol. The number of methoxy groups -OCH3 is 1. The van der Waals surface area contributed by atoms with E-state index in [9.17, 15) is 4.39 Å². The monoisotopic (exact) mass is 345 g/mol. The van der Waals surface area contributed by atoms with Crippen LogP contribution < -0.4 is 5.32 Å². The van der Waals surface area contributed by atoms with Gasteiger partial charge in [-0.2, -0.15) is 0 Å². The third-order valence-electron chi connectivity index (χ3n) is 4.09. The first-order valence-corrected chi connectivity index (χ1v) is 7.64. The minimum absolute atomic E-state index is 0.130. The molecule has 0 amide bonds. The highest BCUT2D eigenvalue weighted by Crippen LogP contribution is 2.30. The Kier molecular flexibility index (Phi) is 5.55. The van der Waals surface area contributed by atoms with Crippen LogP contribution in [0.15, 0.2) is 22.7 Å². The van der Waals surface area contributed by atoms with Crippen molar-refractivity contribution < 1.29 is 13.9 Å². The molecule has 1 fully saturated rings. The van der Waals surface area contributed by atoms with Crippen LogP contribution in [0, 0.1) is 5.82 Å². The van der Waals surface area contributed by atoms with E-state index in [1.165, 1.54) is 6.07 Å². The lowest BCUT2D eigenvalue weighted by Gasteiger charge is -2.42. The molecule has 0 aromatic heterocycles. The van der Waals surface area contributed by atoms with Gasteiger partial charge >= 0.3 is 0 Å². The second kappa shape index (κ2) is 6.98. The van der Waals surface area contributed by atoms with Crippen LogP contribution >= 0.6 is 15.9 Å². The lowest BCUT2D eigenvalue weighted by Crippen LogP contribution is -2.55. The Labute approximate surface area is 128 Å². The zero-order chi connectivity index (χ0) is 14.6. The standard InChI is InChI=1S/C15H21BrFNO2/c1-18-14(15(19-2)3-5-20-6-4-15)9-11-7-12(16)10-13(17)8-11/h7-8,10,14,18H,3-6,9H2,1-2H3. The number of benzene rings is 1. The molecule has 1 aliphatic heterocycles. The number of hydrogen-bond acceptors (Lipinski definition) is 3. The number of rotatable bonds is 5. The Morgan fingerprint density at radius 3 is 2.65 bits per heavy atom. The van der Waals surface area contributed by atoms with Crippen LogP contribution in [-0.4, -0.2) is 39.0 Å². The molecule has 5 heteroatoms. The molecule has 0 bridgehead atoms. The van der Waals surface area contributed by atoms with Gasteiger partial charge in [-0.3, -0.25) is 0 Å². The maximum atomic E-state index is 13.5. The summed E-state index contributed by atoms with van der Waals surface area (Å²) in [6.07, 6.45) is 2.43. The summed E-state index contributed by atoms with van der Waals surface area (Å²) in [5, 5.41) is 3.33. The van der Waals surface area contributed by atoms with Gasteiger partial charge in [0.2, 0.25) is 0 Å². The predicted molar refractivity (Wildman–Crippen MR) is 80.4 cm³/mol. The minimum Gasteiger partial charge on any atom is -0.381 e. The molecule has 1 N–H and O–H groups in total. The van der Waals surface area contributed by atoms with Gasteiger partial charge in [0.25, 0.3) is 0 Å². The molecule has 1 aromatic carbocycles. The summed E-state index contributed by atoms with van der Waals surface area (Å²) in [5.74, 6) is -0.220. The van der Waals surface area contributed by atoms with Crippen molar-refractivity contribution in [1.29, 1.82) is 0 Å².